The van der Waals surface area contributed by atoms with Crippen LogP contribution in [0.5, 0.6) is 23.0 Å². The first-order chi connectivity index (χ1) is 17.0. The van der Waals surface area contributed by atoms with Crippen LogP contribution in [0.25, 0.3) is 22.0 Å². The number of phenols is 1. The molecular weight excluding hydrogens is 452 g/mol. The average Bonchev–Trinajstić information content (AvgIpc) is 3.16. The number of nitrogens with zero attached hydrogens (tertiary/aromatic N) is 2. The van der Waals surface area contributed by atoms with Gasteiger partial charge in [-0.15, -0.1) is 0 Å². The molecule has 0 unspecified atom stereocenters. The number of pyridine rings is 1. The van der Waals surface area contributed by atoms with Gasteiger partial charge in [0.1, 0.15) is 0 Å². The highest BCUT2D eigenvalue weighted by atomic mass is 16.5. The number of rotatable bonds is 7. The van der Waals surface area contributed by atoms with Gasteiger partial charge in [-0.25, -0.2) is 0 Å². The number of fused-ring (bicyclic) bond motifs is 5. The summed E-state index contributed by atoms with van der Waals surface area (Å²) in [4.78, 5) is 29.8. The molecule has 1 saturated heterocycles. The minimum atomic E-state index is -0.257. The lowest BCUT2D eigenvalue weighted by Gasteiger charge is -2.26. The average molecular weight is 481 g/mol. The summed E-state index contributed by atoms with van der Waals surface area (Å²) in [5.41, 5.74) is 1.64. The van der Waals surface area contributed by atoms with E-state index < -0.39 is 0 Å². The Morgan fingerprint density at radius 2 is 1.51 bits per heavy atom. The molecule has 2 aromatic carbocycles. The monoisotopic (exact) mass is 480 g/mol. The third kappa shape index (κ3) is 3.81. The summed E-state index contributed by atoms with van der Waals surface area (Å²) in [5, 5.41) is 11.2. The number of ketones is 1. The Hall–Kier alpha value is -3.56. The smallest absolute Gasteiger partial charge is 0.259 e. The summed E-state index contributed by atoms with van der Waals surface area (Å²) in [6.45, 7) is 4.38. The van der Waals surface area contributed by atoms with Crippen LogP contribution in [-0.4, -0.2) is 74.5 Å². The van der Waals surface area contributed by atoms with E-state index in [1.165, 1.54) is 27.4 Å². The van der Waals surface area contributed by atoms with Gasteiger partial charge in [-0.2, -0.15) is 0 Å². The SMILES string of the molecule is COc1cc2c(cc1O)C(=O)c1c-2n(CCCN2CCOCC2)c(=O)c2cc(OC)c(OC)cc12. The molecule has 0 bridgehead atoms. The molecule has 9 nitrogen and oxygen atoms in total. The minimum absolute atomic E-state index is 0.128. The van der Waals surface area contributed by atoms with Crippen molar-refractivity contribution in [1.29, 1.82) is 0 Å². The summed E-state index contributed by atoms with van der Waals surface area (Å²) in [5.74, 6) is 0.698. The summed E-state index contributed by atoms with van der Waals surface area (Å²) in [6.07, 6.45) is 0.726. The van der Waals surface area contributed by atoms with Crippen LogP contribution < -0.4 is 19.8 Å². The lowest BCUT2D eigenvalue weighted by molar-refractivity contribution is 0.0369. The van der Waals surface area contributed by atoms with Crippen molar-refractivity contribution in [3.8, 4) is 34.3 Å². The van der Waals surface area contributed by atoms with E-state index in [0.717, 1.165) is 26.1 Å². The molecule has 0 saturated carbocycles. The molecule has 2 heterocycles. The molecular formula is C26H28N2O7. The van der Waals surface area contributed by atoms with Crippen LogP contribution >= 0.6 is 0 Å². The van der Waals surface area contributed by atoms with Gasteiger partial charge in [0, 0.05) is 42.7 Å². The fourth-order valence-corrected chi connectivity index (χ4v) is 5.02. The summed E-state index contributed by atoms with van der Waals surface area (Å²) < 4.78 is 23.3. The fourth-order valence-electron chi connectivity index (χ4n) is 5.02. The number of aromatic nitrogens is 1. The van der Waals surface area contributed by atoms with Crippen LogP contribution in [0.1, 0.15) is 22.3 Å². The van der Waals surface area contributed by atoms with E-state index in [2.05, 4.69) is 4.90 Å². The first kappa shape index (κ1) is 23.2. The Labute approximate surface area is 202 Å². The zero-order chi connectivity index (χ0) is 24.7. The van der Waals surface area contributed by atoms with E-state index in [4.69, 9.17) is 18.9 Å². The van der Waals surface area contributed by atoms with Crippen molar-refractivity contribution in [1.82, 2.24) is 9.47 Å². The molecule has 3 aromatic rings. The predicted octanol–water partition coefficient (Wildman–Crippen LogP) is 2.67. The molecule has 35 heavy (non-hydrogen) atoms. The van der Waals surface area contributed by atoms with E-state index in [0.29, 0.717) is 64.4 Å². The molecule has 0 amide bonds. The summed E-state index contributed by atoms with van der Waals surface area (Å²) in [7, 11) is 4.47. The highest BCUT2D eigenvalue weighted by molar-refractivity contribution is 6.27. The number of ether oxygens (including phenoxy) is 4. The maximum Gasteiger partial charge on any atom is 0.259 e. The number of carbonyl (C=O) groups excluding carboxylic acids is 1. The molecule has 0 radical (unpaired) electrons. The number of phenolic OH excluding ortho intramolecular Hbond substituents is 1. The number of hydrogen-bond acceptors (Lipinski definition) is 8. The maximum atomic E-state index is 13.8. The molecule has 2 aliphatic rings. The van der Waals surface area contributed by atoms with Crippen LogP contribution in [0.2, 0.25) is 0 Å². The van der Waals surface area contributed by atoms with E-state index in [1.54, 1.807) is 22.8 Å². The van der Waals surface area contributed by atoms with Crippen LogP contribution in [-0.2, 0) is 11.3 Å². The molecule has 1 aliphatic carbocycles. The number of hydrogen-bond donors (Lipinski definition) is 1. The van der Waals surface area contributed by atoms with Gasteiger partial charge in [0.15, 0.2) is 28.8 Å². The van der Waals surface area contributed by atoms with Gasteiger partial charge in [0.05, 0.1) is 51.2 Å². The van der Waals surface area contributed by atoms with Gasteiger partial charge < -0.3 is 28.6 Å². The predicted molar refractivity (Wildman–Crippen MR) is 130 cm³/mol. The third-order valence-electron chi connectivity index (χ3n) is 6.78. The molecule has 0 spiro atoms. The van der Waals surface area contributed by atoms with Gasteiger partial charge in [-0.1, -0.05) is 0 Å². The molecule has 1 aromatic heterocycles. The largest absolute Gasteiger partial charge is 0.504 e. The number of morpholine rings is 1. The number of carbonyl (C=O) groups is 1. The highest BCUT2D eigenvalue weighted by Gasteiger charge is 2.34. The summed E-state index contributed by atoms with van der Waals surface area (Å²) >= 11 is 0. The Kier molecular flexibility index (Phi) is 6.12. The molecule has 1 fully saturated rings. The van der Waals surface area contributed by atoms with Crippen LogP contribution in [0.3, 0.4) is 0 Å². The Morgan fingerprint density at radius 1 is 0.857 bits per heavy atom. The van der Waals surface area contributed by atoms with Gasteiger partial charge in [0.2, 0.25) is 0 Å². The molecule has 1 N–H and O–H groups in total. The molecule has 1 aliphatic heterocycles. The van der Waals surface area contributed by atoms with Crippen molar-refractivity contribution in [3.63, 3.8) is 0 Å². The van der Waals surface area contributed by atoms with Gasteiger partial charge in [-0.05, 0) is 30.7 Å². The van der Waals surface area contributed by atoms with Crippen molar-refractivity contribution in [2.75, 3.05) is 54.2 Å². The maximum absolute atomic E-state index is 13.8. The quantitative estimate of drug-likeness (QED) is 0.431. The van der Waals surface area contributed by atoms with Crippen molar-refractivity contribution in [2.24, 2.45) is 0 Å². The van der Waals surface area contributed by atoms with Crippen LogP contribution in [0, 0.1) is 0 Å². The van der Waals surface area contributed by atoms with Crippen molar-refractivity contribution >= 4 is 16.6 Å². The fraction of sp³-hybridized carbons (Fsp3) is 0.385. The standard InChI is InChI=1S/C26H28N2O7/c1-32-20-13-16-17(11-19(20)29)25(30)23-15-12-21(33-2)22(34-3)14-18(15)26(31)28(24(16)23)6-4-5-27-7-9-35-10-8-27/h11-14,29H,4-10H2,1-3H3. The molecule has 9 heteroatoms. The van der Waals surface area contributed by atoms with E-state index in [-0.39, 0.29) is 22.8 Å². The lowest BCUT2D eigenvalue weighted by Crippen LogP contribution is -2.37. The Morgan fingerprint density at radius 3 is 2.17 bits per heavy atom. The molecule has 0 atom stereocenters. The van der Waals surface area contributed by atoms with Gasteiger partial charge >= 0.3 is 0 Å². The van der Waals surface area contributed by atoms with Gasteiger partial charge in [-0.3, -0.25) is 14.5 Å². The summed E-state index contributed by atoms with van der Waals surface area (Å²) in [6, 6.07) is 6.33. The van der Waals surface area contributed by atoms with Crippen molar-refractivity contribution < 1.29 is 28.8 Å². The first-order valence-corrected chi connectivity index (χ1v) is 11.6. The minimum Gasteiger partial charge on any atom is -0.504 e. The van der Waals surface area contributed by atoms with E-state index in [9.17, 15) is 14.7 Å². The second-order valence-corrected chi connectivity index (χ2v) is 8.64. The number of aromatic hydroxyl groups is 1. The second kappa shape index (κ2) is 9.24. The van der Waals surface area contributed by atoms with Crippen molar-refractivity contribution in [2.45, 2.75) is 13.0 Å². The Bertz CT molecular complexity index is 1370. The van der Waals surface area contributed by atoms with Crippen molar-refractivity contribution in [3.05, 3.63) is 45.7 Å². The highest BCUT2D eigenvalue weighted by Crippen LogP contribution is 2.45. The van der Waals surface area contributed by atoms with E-state index in [1.807, 2.05) is 0 Å². The van der Waals surface area contributed by atoms with Crippen LogP contribution in [0.4, 0.5) is 0 Å². The number of benzene rings is 2. The number of methoxy groups -OCH3 is 3. The van der Waals surface area contributed by atoms with Crippen LogP contribution in [0.15, 0.2) is 29.1 Å². The zero-order valence-corrected chi connectivity index (χ0v) is 20.1. The van der Waals surface area contributed by atoms with E-state index >= 15 is 0 Å². The normalized spacial score (nSPS) is 15.2. The molecule has 5 rings (SSSR count). The Balaban J connectivity index is 1.70. The second-order valence-electron chi connectivity index (χ2n) is 8.64. The molecule has 184 valence electrons. The van der Waals surface area contributed by atoms with Gasteiger partial charge in [0.25, 0.3) is 5.56 Å². The lowest BCUT2D eigenvalue weighted by atomic mass is 10.0. The topological polar surface area (TPSA) is 99.5 Å². The third-order valence-corrected chi connectivity index (χ3v) is 6.78. The first-order valence-electron chi connectivity index (χ1n) is 11.6. The zero-order valence-electron chi connectivity index (χ0n) is 20.1.